The summed E-state index contributed by atoms with van der Waals surface area (Å²) in [5.41, 5.74) is 16.4. The van der Waals surface area contributed by atoms with Gasteiger partial charge in [0, 0.05) is 19.1 Å². The summed E-state index contributed by atoms with van der Waals surface area (Å²) in [6.45, 7) is 4.01. The number of guanidine groups is 1. The highest BCUT2D eigenvalue weighted by Crippen LogP contribution is 2.22. The number of nitrogens with zero attached hydrogens (tertiary/aromatic N) is 2. The van der Waals surface area contributed by atoms with Crippen LogP contribution in [0.4, 0.5) is 0 Å². The van der Waals surface area contributed by atoms with E-state index in [2.05, 4.69) is 30.0 Å². The van der Waals surface area contributed by atoms with Gasteiger partial charge in [0.25, 0.3) is 0 Å². The van der Waals surface area contributed by atoms with Gasteiger partial charge >= 0.3 is 0 Å². The van der Waals surface area contributed by atoms with Crippen LogP contribution in [-0.4, -0.2) is 29.5 Å². The highest BCUT2D eigenvalue weighted by Gasteiger charge is 2.21. The maximum Gasteiger partial charge on any atom is 0.191 e. The van der Waals surface area contributed by atoms with E-state index in [-0.39, 0.29) is 0 Å². The molecular formula is C17H26N4. The second-order valence-corrected chi connectivity index (χ2v) is 6.50. The summed E-state index contributed by atoms with van der Waals surface area (Å²) >= 11 is 0. The van der Waals surface area contributed by atoms with Crippen molar-refractivity contribution in [3.63, 3.8) is 0 Å². The fourth-order valence-corrected chi connectivity index (χ4v) is 3.38. The summed E-state index contributed by atoms with van der Waals surface area (Å²) in [4.78, 5) is 6.96. The van der Waals surface area contributed by atoms with Gasteiger partial charge in [-0.15, -0.1) is 0 Å². The second-order valence-electron chi connectivity index (χ2n) is 6.50. The van der Waals surface area contributed by atoms with Crippen LogP contribution in [0.1, 0.15) is 42.4 Å². The van der Waals surface area contributed by atoms with Crippen LogP contribution in [0.5, 0.6) is 0 Å². The third kappa shape index (κ3) is 3.38. The molecule has 114 valence electrons. The fourth-order valence-electron chi connectivity index (χ4n) is 3.38. The van der Waals surface area contributed by atoms with Crippen LogP contribution in [-0.2, 0) is 13.0 Å². The quantitative estimate of drug-likeness (QED) is 0.612. The monoisotopic (exact) mass is 286 g/mol. The molecule has 4 heteroatoms. The van der Waals surface area contributed by atoms with Crippen LogP contribution in [0.15, 0.2) is 23.2 Å². The minimum Gasteiger partial charge on any atom is -0.370 e. The summed E-state index contributed by atoms with van der Waals surface area (Å²) in [6.07, 6.45) is 5.35. The Morgan fingerprint density at radius 1 is 1.19 bits per heavy atom. The number of fused-ring (bicyclic) bond motifs is 1. The normalized spacial score (nSPS) is 26.6. The minimum atomic E-state index is 0.364. The molecule has 0 aromatic heterocycles. The molecule has 1 aromatic rings. The number of aliphatic imine (C=N–C) groups is 1. The molecule has 0 bridgehead atoms. The molecule has 0 radical (unpaired) electrons. The van der Waals surface area contributed by atoms with Gasteiger partial charge in [-0.25, -0.2) is 4.99 Å². The van der Waals surface area contributed by atoms with Gasteiger partial charge in [0.1, 0.15) is 0 Å². The number of nitrogens with two attached hydrogens (primary N) is 2. The SMILES string of the molecule is Cc1ccc2c(c1)CCN(C(N)=NC1CCC(N)CC1)C2. The van der Waals surface area contributed by atoms with E-state index < -0.39 is 0 Å². The first-order chi connectivity index (χ1) is 10.1. The van der Waals surface area contributed by atoms with Crippen molar-refractivity contribution >= 4 is 5.96 Å². The van der Waals surface area contributed by atoms with Crippen LogP contribution in [0, 0.1) is 6.92 Å². The third-order valence-electron chi connectivity index (χ3n) is 4.75. The molecule has 4 nitrogen and oxygen atoms in total. The molecule has 1 heterocycles. The molecule has 1 aromatic carbocycles. The average molecular weight is 286 g/mol. The maximum atomic E-state index is 6.25. The number of rotatable bonds is 1. The molecule has 1 aliphatic carbocycles. The Bertz CT molecular complexity index is 530. The van der Waals surface area contributed by atoms with Gasteiger partial charge in [-0.1, -0.05) is 23.8 Å². The number of hydrogen-bond donors (Lipinski definition) is 2. The van der Waals surface area contributed by atoms with Gasteiger partial charge in [-0.2, -0.15) is 0 Å². The zero-order valence-electron chi connectivity index (χ0n) is 12.9. The number of aryl methyl sites for hydroxylation is 1. The van der Waals surface area contributed by atoms with Crippen molar-refractivity contribution in [1.82, 2.24) is 4.90 Å². The topological polar surface area (TPSA) is 67.6 Å². The van der Waals surface area contributed by atoms with E-state index in [9.17, 15) is 0 Å². The van der Waals surface area contributed by atoms with E-state index in [1.165, 1.54) is 16.7 Å². The van der Waals surface area contributed by atoms with Gasteiger partial charge < -0.3 is 16.4 Å². The van der Waals surface area contributed by atoms with Gasteiger partial charge in [0.2, 0.25) is 0 Å². The minimum absolute atomic E-state index is 0.364. The summed E-state index contributed by atoms with van der Waals surface area (Å²) < 4.78 is 0. The largest absolute Gasteiger partial charge is 0.370 e. The molecule has 3 rings (SSSR count). The van der Waals surface area contributed by atoms with Crippen molar-refractivity contribution in [2.45, 2.75) is 57.7 Å². The average Bonchev–Trinajstić information content (AvgIpc) is 2.49. The van der Waals surface area contributed by atoms with Gasteiger partial charge in [0.05, 0.1) is 6.04 Å². The van der Waals surface area contributed by atoms with Crippen molar-refractivity contribution in [2.24, 2.45) is 16.5 Å². The van der Waals surface area contributed by atoms with Crippen molar-refractivity contribution < 1.29 is 0 Å². The van der Waals surface area contributed by atoms with E-state index in [1.807, 2.05) is 0 Å². The molecular weight excluding hydrogens is 260 g/mol. The van der Waals surface area contributed by atoms with Crippen LogP contribution in [0.3, 0.4) is 0 Å². The summed E-state index contributed by atoms with van der Waals surface area (Å²) in [5, 5.41) is 0. The van der Waals surface area contributed by atoms with Crippen LogP contribution in [0.2, 0.25) is 0 Å². The fraction of sp³-hybridized carbons (Fsp3) is 0.588. The highest BCUT2D eigenvalue weighted by molar-refractivity contribution is 5.78. The van der Waals surface area contributed by atoms with Crippen molar-refractivity contribution in [3.05, 3.63) is 34.9 Å². The first-order valence-corrected chi connectivity index (χ1v) is 8.04. The zero-order valence-corrected chi connectivity index (χ0v) is 12.9. The van der Waals surface area contributed by atoms with E-state index in [1.54, 1.807) is 0 Å². The predicted octanol–water partition coefficient (Wildman–Crippen LogP) is 1.94. The van der Waals surface area contributed by atoms with Gasteiger partial charge in [-0.05, 0) is 50.2 Å². The van der Waals surface area contributed by atoms with Crippen LogP contribution >= 0.6 is 0 Å². The van der Waals surface area contributed by atoms with E-state index in [0.717, 1.165) is 45.2 Å². The lowest BCUT2D eigenvalue weighted by Gasteiger charge is -2.31. The standard InChI is InChI=1S/C17H26N4/c1-12-2-3-14-11-21(9-8-13(14)10-12)17(19)20-16-6-4-15(18)5-7-16/h2-3,10,15-16H,4-9,11,18H2,1H3,(H2,19,20). The molecule has 1 fully saturated rings. The smallest absolute Gasteiger partial charge is 0.191 e. The first-order valence-electron chi connectivity index (χ1n) is 8.04. The molecule has 1 saturated carbocycles. The lowest BCUT2D eigenvalue weighted by molar-refractivity contribution is 0.367. The van der Waals surface area contributed by atoms with Crippen LogP contribution < -0.4 is 11.5 Å². The molecule has 1 aliphatic heterocycles. The van der Waals surface area contributed by atoms with Crippen LogP contribution in [0.25, 0.3) is 0 Å². The molecule has 0 amide bonds. The van der Waals surface area contributed by atoms with Crippen molar-refractivity contribution in [3.8, 4) is 0 Å². The molecule has 0 spiro atoms. The summed E-state index contributed by atoms with van der Waals surface area (Å²) in [6, 6.07) is 7.43. The Morgan fingerprint density at radius 3 is 2.71 bits per heavy atom. The lowest BCUT2D eigenvalue weighted by Crippen LogP contribution is -2.42. The molecule has 4 N–H and O–H groups in total. The number of benzene rings is 1. The summed E-state index contributed by atoms with van der Waals surface area (Å²) in [7, 11) is 0. The van der Waals surface area contributed by atoms with Gasteiger partial charge in [0.15, 0.2) is 5.96 Å². The molecule has 21 heavy (non-hydrogen) atoms. The Kier molecular flexibility index (Phi) is 4.15. The van der Waals surface area contributed by atoms with Crippen molar-refractivity contribution in [2.75, 3.05) is 6.54 Å². The number of hydrogen-bond acceptors (Lipinski definition) is 2. The molecule has 0 saturated heterocycles. The van der Waals surface area contributed by atoms with Gasteiger partial charge in [-0.3, -0.25) is 0 Å². The Balaban J connectivity index is 1.66. The van der Waals surface area contributed by atoms with E-state index in [0.29, 0.717) is 18.0 Å². The zero-order chi connectivity index (χ0) is 14.8. The maximum absolute atomic E-state index is 6.25. The first kappa shape index (κ1) is 14.4. The van der Waals surface area contributed by atoms with Crippen molar-refractivity contribution in [1.29, 1.82) is 0 Å². The highest BCUT2D eigenvalue weighted by atomic mass is 15.3. The Hall–Kier alpha value is -1.55. The Morgan fingerprint density at radius 2 is 1.95 bits per heavy atom. The third-order valence-corrected chi connectivity index (χ3v) is 4.75. The summed E-state index contributed by atoms with van der Waals surface area (Å²) in [5.74, 6) is 0.710. The molecule has 0 unspecified atom stereocenters. The van der Waals surface area contributed by atoms with E-state index in [4.69, 9.17) is 16.5 Å². The molecule has 2 aliphatic rings. The lowest BCUT2D eigenvalue weighted by atomic mass is 9.92. The second kappa shape index (κ2) is 6.06. The Labute approximate surface area is 127 Å². The van der Waals surface area contributed by atoms with E-state index >= 15 is 0 Å². The molecule has 0 atom stereocenters. The predicted molar refractivity (Wildman–Crippen MR) is 87.1 cm³/mol.